The predicted molar refractivity (Wildman–Crippen MR) is 105 cm³/mol. The smallest absolute Gasteiger partial charge is 0.251 e. The van der Waals surface area contributed by atoms with Gasteiger partial charge in [0.25, 0.3) is 5.91 Å². The van der Waals surface area contributed by atoms with Crippen LogP contribution in [0.3, 0.4) is 0 Å². The van der Waals surface area contributed by atoms with Gasteiger partial charge in [0.05, 0.1) is 11.4 Å². The highest BCUT2D eigenvalue weighted by molar-refractivity contribution is 5.94. The maximum atomic E-state index is 12.3. The Bertz CT molecular complexity index is 1000. The van der Waals surface area contributed by atoms with E-state index >= 15 is 0 Å². The van der Waals surface area contributed by atoms with E-state index in [1.54, 1.807) is 0 Å². The van der Waals surface area contributed by atoms with Crippen molar-refractivity contribution in [1.82, 2.24) is 19.7 Å². The van der Waals surface area contributed by atoms with Gasteiger partial charge in [-0.05, 0) is 54.6 Å². The molecule has 5 heteroatoms. The Morgan fingerprint density at radius 2 is 1.56 bits per heavy atom. The van der Waals surface area contributed by atoms with Crippen molar-refractivity contribution in [2.24, 2.45) is 0 Å². The summed E-state index contributed by atoms with van der Waals surface area (Å²) < 4.78 is 3.85. The number of hydrogen-bond acceptors (Lipinski definition) is 2. The lowest BCUT2D eigenvalue weighted by atomic mass is 10.2. The van der Waals surface area contributed by atoms with Gasteiger partial charge in [-0.3, -0.25) is 4.79 Å². The van der Waals surface area contributed by atoms with Gasteiger partial charge in [0.2, 0.25) is 0 Å². The van der Waals surface area contributed by atoms with Gasteiger partial charge in [0.15, 0.2) is 0 Å². The van der Waals surface area contributed by atoms with Crippen LogP contribution >= 0.6 is 0 Å². The molecule has 0 aliphatic rings. The van der Waals surface area contributed by atoms with Crippen molar-refractivity contribution in [3.63, 3.8) is 0 Å². The number of para-hydroxylation sites is 1. The monoisotopic (exact) mass is 356 g/mol. The molecule has 0 radical (unpaired) electrons. The molecule has 4 aromatic rings. The van der Waals surface area contributed by atoms with Crippen LogP contribution in [0, 0.1) is 0 Å². The molecule has 5 nitrogen and oxygen atoms in total. The number of nitrogens with one attached hydrogen (secondary N) is 1. The fourth-order valence-corrected chi connectivity index (χ4v) is 2.92. The molecule has 0 saturated carbocycles. The topological polar surface area (TPSA) is 51.9 Å². The average molecular weight is 356 g/mol. The summed E-state index contributed by atoms with van der Waals surface area (Å²) in [4.78, 5) is 12.3. The number of carbonyl (C=O) groups is 1. The molecule has 0 spiro atoms. The Kier molecular flexibility index (Phi) is 4.83. The van der Waals surface area contributed by atoms with Gasteiger partial charge in [0.1, 0.15) is 0 Å². The second-order valence-electron chi connectivity index (χ2n) is 6.23. The van der Waals surface area contributed by atoms with E-state index in [2.05, 4.69) is 10.4 Å². The Morgan fingerprint density at radius 1 is 0.815 bits per heavy atom. The van der Waals surface area contributed by atoms with Crippen molar-refractivity contribution in [2.75, 3.05) is 6.54 Å². The SMILES string of the molecule is O=C(NCCc1ccn(-c2ccccc2)n1)c1ccc(-n2cccc2)cc1. The van der Waals surface area contributed by atoms with Crippen molar-refractivity contribution in [2.45, 2.75) is 6.42 Å². The predicted octanol–water partition coefficient (Wildman–Crippen LogP) is 3.64. The molecule has 0 unspecified atom stereocenters. The molecule has 0 atom stereocenters. The second kappa shape index (κ2) is 7.74. The van der Waals surface area contributed by atoms with Crippen LogP contribution in [-0.2, 0) is 6.42 Å². The van der Waals surface area contributed by atoms with Crippen LogP contribution in [0.4, 0.5) is 0 Å². The first-order valence-corrected chi connectivity index (χ1v) is 8.91. The highest BCUT2D eigenvalue weighted by Gasteiger charge is 2.06. The van der Waals surface area contributed by atoms with E-state index in [-0.39, 0.29) is 5.91 Å². The molecule has 0 bridgehead atoms. The molecule has 0 saturated heterocycles. The largest absolute Gasteiger partial charge is 0.352 e. The first-order chi connectivity index (χ1) is 13.3. The van der Waals surface area contributed by atoms with E-state index in [4.69, 9.17) is 0 Å². The Morgan fingerprint density at radius 3 is 2.30 bits per heavy atom. The third-order valence-corrected chi connectivity index (χ3v) is 4.36. The van der Waals surface area contributed by atoms with E-state index in [9.17, 15) is 4.79 Å². The number of carbonyl (C=O) groups excluding carboxylic acids is 1. The fraction of sp³-hybridized carbons (Fsp3) is 0.0909. The maximum Gasteiger partial charge on any atom is 0.251 e. The number of nitrogens with zero attached hydrogens (tertiary/aromatic N) is 3. The van der Waals surface area contributed by atoms with Crippen LogP contribution in [0.1, 0.15) is 16.1 Å². The molecule has 0 aliphatic heterocycles. The van der Waals surface area contributed by atoms with E-state index < -0.39 is 0 Å². The first kappa shape index (κ1) is 16.8. The Balaban J connectivity index is 1.31. The number of benzene rings is 2. The summed E-state index contributed by atoms with van der Waals surface area (Å²) >= 11 is 0. The zero-order chi connectivity index (χ0) is 18.5. The standard InChI is InChI=1S/C22H20N4O/c27-22(18-8-10-20(11-9-18)25-15-4-5-16-25)23-14-12-19-13-17-26(24-19)21-6-2-1-3-7-21/h1-11,13,15-17H,12,14H2,(H,23,27). The van der Waals surface area contributed by atoms with Crippen LogP contribution in [0.15, 0.2) is 91.4 Å². The van der Waals surface area contributed by atoms with Gasteiger partial charge in [-0.1, -0.05) is 18.2 Å². The van der Waals surface area contributed by atoms with Gasteiger partial charge in [-0.2, -0.15) is 5.10 Å². The van der Waals surface area contributed by atoms with Gasteiger partial charge in [-0.25, -0.2) is 4.68 Å². The minimum Gasteiger partial charge on any atom is -0.352 e. The van der Waals surface area contributed by atoms with Gasteiger partial charge < -0.3 is 9.88 Å². The number of amides is 1. The Labute approximate surface area is 157 Å². The quantitative estimate of drug-likeness (QED) is 0.573. The summed E-state index contributed by atoms with van der Waals surface area (Å²) in [6, 6.07) is 23.5. The number of hydrogen-bond donors (Lipinski definition) is 1. The van der Waals surface area contributed by atoms with Gasteiger partial charge in [-0.15, -0.1) is 0 Å². The highest BCUT2D eigenvalue weighted by atomic mass is 16.1. The van der Waals surface area contributed by atoms with Crippen molar-refractivity contribution < 1.29 is 4.79 Å². The van der Waals surface area contributed by atoms with Gasteiger partial charge in [0, 0.05) is 42.8 Å². The van der Waals surface area contributed by atoms with E-state index in [1.807, 2.05) is 101 Å². The number of aromatic nitrogens is 3. The molecular formula is C22H20N4O. The molecule has 0 fully saturated rings. The maximum absolute atomic E-state index is 12.3. The molecule has 2 aromatic carbocycles. The van der Waals surface area contributed by atoms with E-state index in [1.165, 1.54) is 0 Å². The van der Waals surface area contributed by atoms with Crippen LogP contribution in [-0.4, -0.2) is 26.8 Å². The van der Waals surface area contributed by atoms with Gasteiger partial charge >= 0.3 is 0 Å². The normalized spacial score (nSPS) is 10.7. The minimum atomic E-state index is -0.0726. The number of rotatable bonds is 6. The lowest BCUT2D eigenvalue weighted by Gasteiger charge is -2.06. The third kappa shape index (κ3) is 3.98. The third-order valence-electron chi connectivity index (χ3n) is 4.36. The molecule has 27 heavy (non-hydrogen) atoms. The minimum absolute atomic E-state index is 0.0726. The zero-order valence-corrected chi connectivity index (χ0v) is 14.8. The first-order valence-electron chi connectivity index (χ1n) is 8.91. The van der Waals surface area contributed by atoms with Crippen molar-refractivity contribution in [1.29, 1.82) is 0 Å². The summed E-state index contributed by atoms with van der Waals surface area (Å²) in [5.74, 6) is -0.0726. The van der Waals surface area contributed by atoms with Crippen molar-refractivity contribution in [3.8, 4) is 11.4 Å². The van der Waals surface area contributed by atoms with Crippen LogP contribution < -0.4 is 5.32 Å². The Hall–Kier alpha value is -3.60. The van der Waals surface area contributed by atoms with Crippen LogP contribution in [0.5, 0.6) is 0 Å². The van der Waals surface area contributed by atoms with Crippen molar-refractivity contribution in [3.05, 3.63) is 103 Å². The average Bonchev–Trinajstić information content (AvgIpc) is 3.41. The molecule has 1 N–H and O–H groups in total. The van der Waals surface area contributed by atoms with E-state index in [0.29, 0.717) is 18.5 Å². The molecule has 1 amide bonds. The second-order valence-corrected chi connectivity index (χ2v) is 6.23. The van der Waals surface area contributed by atoms with Crippen LogP contribution in [0.2, 0.25) is 0 Å². The van der Waals surface area contributed by atoms with Crippen molar-refractivity contribution >= 4 is 5.91 Å². The molecule has 4 rings (SSSR count). The summed E-state index contributed by atoms with van der Waals surface area (Å²) in [6.45, 7) is 0.546. The molecule has 2 heterocycles. The molecule has 2 aromatic heterocycles. The molecular weight excluding hydrogens is 336 g/mol. The molecule has 134 valence electrons. The highest BCUT2D eigenvalue weighted by Crippen LogP contribution is 2.10. The summed E-state index contributed by atoms with van der Waals surface area (Å²) in [7, 11) is 0. The fourth-order valence-electron chi connectivity index (χ4n) is 2.92. The zero-order valence-electron chi connectivity index (χ0n) is 14.8. The lowest BCUT2D eigenvalue weighted by Crippen LogP contribution is -2.25. The summed E-state index contributed by atoms with van der Waals surface area (Å²) in [5, 5.41) is 7.51. The summed E-state index contributed by atoms with van der Waals surface area (Å²) in [6.07, 6.45) is 6.58. The van der Waals surface area contributed by atoms with Crippen LogP contribution in [0.25, 0.3) is 11.4 Å². The van der Waals surface area contributed by atoms with E-state index in [0.717, 1.165) is 17.1 Å². The molecule has 0 aliphatic carbocycles. The lowest BCUT2D eigenvalue weighted by molar-refractivity contribution is 0.0954. The summed E-state index contributed by atoms with van der Waals surface area (Å²) in [5.41, 5.74) is 3.65.